The van der Waals surface area contributed by atoms with Gasteiger partial charge in [0.25, 0.3) is 5.56 Å². The van der Waals surface area contributed by atoms with Crippen LogP contribution in [0, 0.1) is 6.92 Å². The van der Waals surface area contributed by atoms with Crippen LogP contribution >= 0.6 is 15.9 Å². The Hall–Kier alpha value is -1.82. The molecule has 0 bridgehead atoms. The van der Waals surface area contributed by atoms with Crippen molar-refractivity contribution in [3.05, 3.63) is 44.9 Å². The lowest BCUT2D eigenvalue weighted by Crippen LogP contribution is -2.10. The summed E-state index contributed by atoms with van der Waals surface area (Å²) in [6.45, 7) is 1.95. The van der Waals surface area contributed by atoms with Crippen LogP contribution in [0.25, 0.3) is 0 Å². The monoisotopic (exact) mass is 309 g/mol. The van der Waals surface area contributed by atoms with Crippen LogP contribution in [0.15, 0.2) is 33.8 Å². The number of H-pyrrole nitrogens is 1. The number of benzene rings is 1. The molecule has 0 aliphatic rings. The van der Waals surface area contributed by atoms with Crippen LogP contribution in [0.5, 0.6) is 5.75 Å². The smallest absolute Gasteiger partial charge is 0.267 e. The summed E-state index contributed by atoms with van der Waals surface area (Å²) in [5, 5.41) is 3.07. The molecule has 0 unspecified atom stereocenters. The number of aryl methyl sites for hydroxylation is 1. The Labute approximate surface area is 112 Å². The number of hydrogen-bond donors (Lipinski definition) is 2. The van der Waals surface area contributed by atoms with Crippen LogP contribution in [0.4, 0.5) is 11.5 Å². The van der Waals surface area contributed by atoms with Crippen molar-refractivity contribution >= 4 is 27.4 Å². The van der Waals surface area contributed by atoms with Gasteiger partial charge in [0.05, 0.1) is 13.4 Å². The lowest BCUT2D eigenvalue weighted by Gasteiger charge is -2.09. The number of rotatable bonds is 3. The molecule has 2 N–H and O–H groups in total. The molecular weight excluding hydrogens is 298 g/mol. The standard InChI is InChI=1S/C12H12BrN3O2/c1-7-5-8(3-4-9(7)18-2)16-11-10(13)12(17)15-6-14-11/h3-6H,1-2H3,(H2,14,15,16,17). The van der Waals surface area contributed by atoms with Crippen molar-refractivity contribution in [2.24, 2.45) is 0 Å². The van der Waals surface area contributed by atoms with E-state index < -0.39 is 0 Å². The summed E-state index contributed by atoms with van der Waals surface area (Å²) in [5.74, 6) is 1.29. The molecule has 1 aromatic carbocycles. The minimum atomic E-state index is -0.224. The van der Waals surface area contributed by atoms with Crippen LogP contribution in [-0.2, 0) is 0 Å². The van der Waals surface area contributed by atoms with Crippen molar-refractivity contribution in [3.8, 4) is 5.75 Å². The first-order valence-corrected chi connectivity index (χ1v) is 6.06. The van der Waals surface area contributed by atoms with Crippen molar-refractivity contribution in [1.29, 1.82) is 0 Å². The summed E-state index contributed by atoms with van der Waals surface area (Å²) in [5.41, 5.74) is 1.62. The van der Waals surface area contributed by atoms with E-state index in [1.54, 1.807) is 7.11 Å². The number of nitrogens with zero attached hydrogens (tertiary/aromatic N) is 1. The minimum absolute atomic E-state index is 0.224. The van der Waals surface area contributed by atoms with Gasteiger partial charge in [0.1, 0.15) is 10.2 Å². The summed E-state index contributed by atoms with van der Waals surface area (Å²) >= 11 is 3.19. The van der Waals surface area contributed by atoms with Gasteiger partial charge in [0.15, 0.2) is 5.82 Å². The van der Waals surface area contributed by atoms with E-state index in [0.717, 1.165) is 17.0 Å². The first-order valence-electron chi connectivity index (χ1n) is 5.26. The molecule has 1 heterocycles. The molecule has 0 atom stereocenters. The average molecular weight is 310 g/mol. The zero-order chi connectivity index (χ0) is 13.1. The molecule has 1 aromatic heterocycles. The fourth-order valence-electron chi connectivity index (χ4n) is 1.56. The molecule has 0 saturated carbocycles. The number of methoxy groups -OCH3 is 1. The molecule has 94 valence electrons. The molecule has 0 aliphatic heterocycles. The van der Waals surface area contributed by atoms with Gasteiger partial charge in [-0.15, -0.1) is 0 Å². The average Bonchev–Trinajstić information content (AvgIpc) is 2.35. The Bertz CT molecular complexity index is 625. The lowest BCUT2D eigenvalue weighted by molar-refractivity contribution is 0.412. The Balaban J connectivity index is 2.32. The predicted octanol–water partition coefficient (Wildman–Crippen LogP) is 2.59. The summed E-state index contributed by atoms with van der Waals surface area (Å²) in [6, 6.07) is 5.65. The van der Waals surface area contributed by atoms with Gasteiger partial charge in [-0.05, 0) is 46.6 Å². The zero-order valence-corrected chi connectivity index (χ0v) is 11.5. The second-order valence-corrected chi connectivity index (χ2v) is 4.50. The minimum Gasteiger partial charge on any atom is -0.496 e. The number of aromatic amines is 1. The Morgan fingerprint density at radius 3 is 2.89 bits per heavy atom. The highest BCUT2D eigenvalue weighted by atomic mass is 79.9. The predicted molar refractivity (Wildman–Crippen MR) is 73.6 cm³/mol. The van der Waals surface area contributed by atoms with E-state index in [1.165, 1.54) is 6.33 Å². The lowest BCUT2D eigenvalue weighted by atomic mass is 10.2. The molecule has 2 aromatic rings. The number of hydrogen-bond acceptors (Lipinski definition) is 4. The Morgan fingerprint density at radius 1 is 1.44 bits per heavy atom. The topological polar surface area (TPSA) is 67.0 Å². The third-order valence-electron chi connectivity index (χ3n) is 2.45. The number of halogens is 1. The van der Waals surface area contributed by atoms with Crippen LogP contribution < -0.4 is 15.6 Å². The highest BCUT2D eigenvalue weighted by Crippen LogP contribution is 2.25. The quantitative estimate of drug-likeness (QED) is 0.914. The van der Waals surface area contributed by atoms with Gasteiger partial charge in [0, 0.05) is 5.69 Å². The van der Waals surface area contributed by atoms with Crippen LogP contribution in [0.3, 0.4) is 0 Å². The van der Waals surface area contributed by atoms with E-state index in [0.29, 0.717) is 10.3 Å². The molecule has 0 radical (unpaired) electrons. The Morgan fingerprint density at radius 2 is 2.22 bits per heavy atom. The fourth-order valence-corrected chi connectivity index (χ4v) is 1.88. The van der Waals surface area contributed by atoms with Crippen molar-refractivity contribution in [1.82, 2.24) is 9.97 Å². The fraction of sp³-hybridized carbons (Fsp3) is 0.167. The van der Waals surface area contributed by atoms with E-state index in [2.05, 4.69) is 31.2 Å². The summed E-state index contributed by atoms with van der Waals surface area (Å²) in [6.07, 6.45) is 1.35. The van der Waals surface area contributed by atoms with Gasteiger partial charge < -0.3 is 15.0 Å². The maximum Gasteiger partial charge on any atom is 0.267 e. The first kappa shape index (κ1) is 12.6. The molecule has 18 heavy (non-hydrogen) atoms. The van der Waals surface area contributed by atoms with Crippen molar-refractivity contribution in [3.63, 3.8) is 0 Å². The second-order valence-electron chi connectivity index (χ2n) is 3.70. The second kappa shape index (κ2) is 5.22. The number of aromatic nitrogens is 2. The van der Waals surface area contributed by atoms with E-state index in [-0.39, 0.29) is 5.56 Å². The third-order valence-corrected chi connectivity index (χ3v) is 3.19. The molecule has 0 fully saturated rings. The summed E-state index contributed by atoms with van der Waals surface area (Å²) < 4.78 is 5.56. The van der Waals surface area contributed by atoms with Crippen LogP contribution in [0.1, 0.15) is 5.56 Å². The van der Waals surface area contributed by atoms with Crippen LogP contribution in [0.2, 0.25) is 0 Å². The SMILES string of the molecule is COc1ccc(Nc2nc[nH]c(=O)c2Br)cc1C. The maximum absolute atomic E-state index is 11.4. The zero-order valence-electron chi connectivity index (χ0n) is 9.95. The largest absolute Gasteiger partial charge is 0.496 e. The van der Waals surface area contributed by atoms with Gasteiger partial charge in [0.2, 0.25) is 0 Å². The molecule has 0 saturated heterocycles. The van der Waals surface area contributed by atoms with Gasteiger partial charge in [-0.1, -0.05) is 0 Å². The first-order chi connectivity index (χ1) is 8.61. The number of nitrogens with one attached hydrogen (secondary N) is 2. The molecular formula is C12H12BrN3O2. The molecule has 0 amide bonds. The van der Waals surface area contributed by atoms with Crippen LogP contribution in [-0.4, -0.2) is 17.1 Å². The molecule has 0 spiro atoms. The van der Waals surface area contributed by atoms with E-state index in [4.69, 9.17) is 4.74 Å². The van der Waals surface area contributed by atoms with Gasteiger partial charge in [-0.2, -0.15) is 0 Å². The normalized spacial score (nSPS) is 10.2. The molecule has 0 aliphatic carbocycles. The molecule has 5 nitrogen and oxygen atoms in total. The van der Waals surface area contributed by atoms with E-state index in [9.17, 15) is 4.79 Å². The van der Waals surface area contributed by atoms with Gasteiger partial charge in [-0.3, -0.25) is 4.79 Å². The van der Waals surface area contributed by atoms with Crippen molar-refractivity contribution in [2.75, 3.05) is 12.4 Å². The number of anilines is 2. The van der Waals surface area contributed by atoms with Crippen molar-refractivity contribution < 1.29 is 4.74 Å². The number of ether oxygens (including phenoxy) is 1. The Kier molecular flexibility index (Phi) is 3.66. The van der Waals surface area contributed by atoms with Crippen molar-refractivity contribution in [2.45, 2.75) is 6.92 Å². The highest BCUT2D eigenvalue weighted by Gasteiger charge is 2.06. The van der Waals surface area contributed by atoms with Gasteiger partial charge in [-0.25, -0.2) is 4.98 Å². The van der Waals surface area contributed by atoms with E-state index >= 15 is 0 Å². The van der Waals surface area contributed by atoms with E-state index in [1.807, 2.05) is 25.1 Å². The third kappa shape index (κ3) is 2.53. The maximum atomic E-state index is 11.4. The van der Waals surface area contributed by atoms with Gasteiger partial charge >= 0.3 is 0 Å². The molecule has 2 rings (SSSR count). The highest BCUT2D eigenvalue weighted by molar-refractivity contribution is 9.10. The molecule has 6 heteroatoms. The summed E-state index contributed by atoms with van der Waals surface area (Å²) in [7, 11) is 1.63. The summed E-state index contributed by atoms with van der Waals surface area (Å²) in [4.78, 5) is 17.9.